The summed E-state index contributed by atoms with van der Waals surface area (Å²) in [5.74, 6) is -0.286. The van der Waals surface area contributed by atoms with E-state index in [1.807, 2.05) is 24.3 Å². The van der Waals surface area contributed by atoms with Crippen molar-refractivity contribution in [3.63, 3.8) is 0 Å². The molecule has 1 aliphatic carbocycles. The highest BCUT2D eigenvalue weighted by molar-refractivity contribution is 5.89. The lowest BCUT2D eigenvalue weighted by atomic mass is 9.87. The Hall–Kier alpha value is -2.13. The van der Waals surface area contributed by atoms with E-state index in [4.69, 9.17) is 4.74 Å². The molecule has 0 aromatic heterocycles. The Kier molecular flexibility index (Phi) is 4.77. The van der Waals surface area contributed by atoms with Crippen LogP contribution in [0, 0.1) is 0 Å². The van der Waals surface area contributed by atoms with Crippen LogP contribution in [0.25, 0.3) is 0 Å². The van der Waals surface area contributed by atoms with E-state index < -0.39 is 0 Å². The predicted octanol–water partition coefficient (Wildman–Crippen LogP) is 3.98. The maximum absolute atomic E-state index is 11.5. The molecule has 0 heterocycles. The van der Waals surface area contributed by atoms with E-state index in [1.54, 1.807) is 0 Å². The third-order valence-electron chi connectivity index (χ3n) is 4.68. The van der Waals surface area contributed by atoms with Gasteiger partial charge in [0.25, 0.3) is 0 Å². The van der Waals surface area contributed by atoms with E-state index in [0.717, 1.165) is 6.54 Å². The largest absolute Gasteiger partial charge is 0.465 e. The van der Waals surface area contributed by atoms with Crippen molar-refractivity contribution in [1.82, 2.24) is 4.90 Å². The number of ether oxygens (including phenoxy) is 1. The average molecular weight is 309 g/mol. The Bertz CT molecular complexity index is 678. The van der Waals surface area contributed by atoms with Crippen LogP contribution in [0.15, 0.2) is 48.5 Å². The van der Waals surface area contributed by atoms with Gasteiger partial charge in [-0.1, -0.05) is 36.4 Å². The first-order chi connectivity index (χ1) is 11.2. The van der Waals surface area contributed by atoms with Crippen LogP contribution < -0.4 is 0 Å². The molecule has 1 unspecified atom stereocenters. The number of esters is 1. The molecule has 120 valence electrons. The topological polar surface area (TPSA) is 29.5 Å². The van der Waals surface area contributed by atoms with Crippen molar-refractivity contribution in [1.29, 1.82) is 0 Å². The molecule has 1 aliphatic rings. The molecule has 0 spiro atoms. The monoisotopic (exact) mass is 309 g/mol. The smallest absolute Gasteiger partial charge is 0.337 e. The zero-order valence-electron chi connectivity index (χ0n) is 13.8. The fraction of sp³-hybridized carbons (Fsp3) is 0.350. The number of rotatable bonds is 4. The fourth-order valence-electron chi connectivity index (χ4n) is 3.45. The number of nitrogens with zero attached hydrogens (tertiary/aromatic N) is 1. The van der Waals surface area contributed by atoms with E-state index in [0.29, 0.717) is 11.6 Å². The van der Waals surface area contributed by atoms with Gasteiger partial charge in [-0.15, -0.1) is 0 Å². The van der Waals surface area contributed by atoms with E-state index in [2.05, 4.69) is 36.2 Å². The Morgan fingerprint density at radius 2 is 1.91 bits per heavy atom. The summed E-state index contributed by atoms with van der Waals surface area (Å²) >= 11 is 0. The summed E-state index contributed by atoms with van der Waals surface area (Å²) in [7, 11) is 3.59. The van der Waals surface area contributed by atoms with Gasteiger partial charge in [0.05, 0.1) is 12.7 Å². The Labute approximate surface area is 137 Å². The van der Waals surface area contributed by atoms with E-state index in [9.17, 15) is 4.79 Å². The molecule has 0 radical (unpaired) electrons. The summed E-state index contributed by atoms with van der Waals surface area (Å²) in [6.45, 7) is 0.875. The second-order valence-corrected chi connectivity index (χ2v) is 6.21. The summed E-state index contributed by atoms with van der Waals surface area (Å²) < 4.78 is 4.74. The van der Waals surface area contributed by atoms with Gasteiger partial charge in [0.15, 0.2) is 0 Å². The summed E-state index contributed by atoms with van der Waals surface area (Å²) in [5, 5.41) is 0. The molecule has 3 heteroatoms. The third kappa shape index (κ3) is 3.45. The molecule has 0 amide bonds. The van der Waals surface area contributed by atoms with Gasteiger partial charge >= 0.3 is 5.97 Å². The van der Waals surface area contributed by atoms with Gasteiger partial charge in [-0.25, -0.2) is 4.79 Å². The van der Waals surface area contributed by atoms with Crippen molar-refractivity contribution in [2.24, 2.45) is 0 Å². The van der Waals surface area contributed by atoms with Crippen LogP contribution in [-0.2, 0) is 17.7 Å². The Balaban J connectivity index is 1.72. The van der Waals surface area contributed by atoms with Gasteiger partial charge < -0.3 is 4.74 Å². The van der Waals surface area contributed by atoms with Gasteiger partial charge in [-0.3, -0.25) is 4.90 Å². The lowest BCUT2D eigenvalue weighted by Crippen LogP contribution is -2.27. The molecule has 2 aromatic carbocycles. The van der Waals surface area contributed by atoms with Crippen molar-refractivity contribution in [3.05, 3.63) is 70.8 Å². The molecule has 2 aromatic rings. The van der Waals surface area contributed by atoms with Crippen molar-refractivity contribution >= 4 is 5.97 Å². The maximum Gasteiger partial charge on any atom is 0.337 e. The minimum atomic E-state index is -0.286. The second kappa shape index (κ2) is 6.97. The fourth-order valence-corrected chi connectivity index (χ4v) is 3.45. The van der Waals surface area contributed by atoms with Gasteiger partial charge in [0.1, 0.15) is 0 Å². The van der Waals surface area contributed by atoms with E-state index >= 15 is 0 Å². The van der Waals surface area contributed by atoms with Crippen LogP contribution in [0.3, 0.4) is 0 Å². The van der Waals surface area contributed by atoms with Crippen LogP contribution in [-0.4, -0.2) is 25.0 Å². The number of benzene rings is 2. The summed E-state index contributed by atoms with van der Waals surface area (Å²) in [6.07, 6.45) is 3.63. The first-order valence-electron chi connectivity index (χ1n) is 8.14. The van der Waals surface area contributed by atoms with Crippen LogP contribution in [0.1, 0.15) is 45.9 Å². The standard InChI is InChI=1S/C20H23NO2/c1-21(14-15-10-12-17(13-11-15)20(22)23-2)19-9-5-7-16-6-3-4-8-18(16)19/h3-4,6,8,10-13,19H,5,7,9,14H2,1-2H3. The van der Waals surface area contributed by atoms with Gasteiger partial charge in [0, 0.05) is 12.6 Å². The third-order valence-corrected chi connectivity index (χ3v) is 4.68. The Morgan fingerprint density at radius 1 is 1.17 bits per heavy atom. The van der Waals surface area contributed by atoms with Crippen molar-refractivity contribution in [2.45, 2.75) is 31.8 Å². The predicted molar refractivity (Wildman–Crippen MR) is 91.4 cm³/mol. The minimum Gasteiger partial charge on any atom is -0.465 e. The number of methoxy groups -OCH3 is 1. The zero-order valence-corrected chi connectivity index (χ0v) is 13.8. The molecule has 0 fully saturated rings. The number of carbonyl (C=O) groups excluding carboxylic acids is 1. The highest BCUT2D eigenvalue weighted by atomic mass is 16.5. The van der Waals surface area contributed by atoms with Crippen molar-refractivity contribution < 1.29 is 9.53 Å². The average Bonchev–Trinajstić information content (AvgIpc) is 2.61. The molecule has 0 aliphatic heterocycles. The molecule has 3 rings (SSSR count). The van der Waals surface area contributed by atoms with Gasteiger partial charge in [-0.05, 0) is 55.1 Å². The maximum atomic E-state index is 11.5. The molecule has 3 nitrogen and oxygen atoms in total. The lowest BCUT2D eigenvalue weighted by molar-refractivity contribution is 0.0600. The summed E-state index contributed by atoms with van der Waals surface area (Å²) in [6, 6.07) is 16.9. The molecular formula is C20H23NO2. The SMILES string of the molecule is COC(=O)c1ccc(CN(C)C2CCCc3ccccc32)cc1. The first kappa shape index (κ1) is 15.8. The van der Waals surface area contributed by atoms with E-state index in [-0.39, 0.29) is 5.97 Å². The zero-order chi connectivity index (χ0) is 16.2. The van der Waals surface area contributed by atoms with Crippen LogP contribution in [0.4, 0.5) is 0 Å². The first-order valence-corrected chi connectivity index (χ1v) is 8.14. The van der Waals surface area contributed by atoms with Crippen LogP contribution in [0.5, 0.6) is 0 Å². The number of carbonyl (C=O) groups is 1. The molecule has 0 saturated heterocycles. The molecule has 0 saturated carbocycles. The Morgan fingerprint density at radius 3 is 2.65 bits per heavy atom. The molecule has 0 N–H and O–H groups in total. The molecule has 23 heavy (non-hydrogen) atoms. The molecule has 1 atom stereocenters. The van der Waals surface area contributed by atoms with Crippen molar-refractivity contribution in [3.8, 4) is 0 Å². The number of fused-ring (bicyclic) bond motifs is 1. The molecular weight excluding hydrogens is 286 g/mol. The van der Waals surface area contributed by atoms with Gasteiger partial charge in [0.2, 0.25) is 0 Å². The highest BCUT2D eigenvalue weighted by Crippen LogP contribution is 2.34. The quantitative estimate of drug-likeness (QED) is 0.800. The molecule has 0 bridgehead atoms. The summed E-state index contributed by atoms with van der Waals surface area (Å²) in [5.41, 5.74) is 4.76. The minimum absolute atomic E-state index is 0.286. The second-order valence-electron chi connectivity index (χ2n) is 6.21. The number of hydrogen-bond donors (Lipinski definition) is 0. The lowest BCUT2D eigenvalue weighted by Gasteiger charge is -2.33. The van der Waals surface area contributed by atoms with E-state index in [1.165, 1.54) is 43.1 Å². The summed E-state index contributed by atoms with van der Waals surface area (Å²) in [4.78, 5) is 13.9. The van der Waals surface area contributed by atoms with Crippen LogP contribution in [0.2, 0.25) is 0 Å². The number of aryl methyl sites for hydroxylation is 1. The normalized spacial score (nSPS) is 16.9. The van der Waals surface area contributed by atoms with Gasteiger partial charge in [-0.2, -0.15) is 0 Å². The highest BCUT2D eigenvalue weighted by Gasteiger charge is 2.23. The van der Waals surface area contributed by atoms with Crippen molar-refractivity contribution in [2.75, 3.05) is 14.2 Å². The van der Waals surface area contributed by atoms with Crippen LogP contribution >= 0.6 is 0 Å². The number of hydrogen-bond acceptors (Lipinski definition) is 3.